The van der Waals surface area contributed by atoms with Gasteiger partial charge in [-0.25, -0.2) is 0 Å². The van der Waals surface area contributed by atoms with Crippen molar-refractivity contribution < 1.29 is 24.2 Å². The number of fused-ring (bicyclic) bond motifs is 1. The first kappa shape index (κ1) is 29.5. The molecule has 1 aromatic carbocycles. The van der Waals surface area contributed by atoms with E-state index in [2.05, 4.69) is 38.3 Å². The van der Waals surface area contributed by atoms with Crippen LogP contribution < -0.4 is 10.6 Å². The standard InChI is InChI=1S/C31H47N3O5/c1-20-17-31-23(22(30(20,7)39-31)25(36)32-18-21-13-9-8-10-14-21)27(38)34(15-11-12-16-35)24(31)26(37)33-29(5,6)19-28(2,3)4/h8-10,13-14,20,22-24,35H,11-12,15-19H2,1-7H3,(H,32,36)(H,33,37)/t20?,22-,23-,24?,30+,31?/m0/s1. The number of nitrogens with zero attached hydrogens (tertiary/aromatic N) is 1. The monoisotopic (exact) mass is 541 g/mol. The number of nitrogens with one attached hydrogen (secondary N) is 2. The zero-order chi connectivity index (χ0) is 28.8. The summed E-state index contributed by atoms with van der Waals surface area (Å²) in [5.41, 5.74) is -1.44. The normalized spacial score (nSPS) is 31.9. The Labute approximate surface area is 233 Å². The molecule has 3 unspecified atom stereocenters. The van der Waals surface area contributed by atoms with E-state index in [-0.39, 0.29) is 35.7 Å². The van der Waals surface area contributed by atoms with Gasteiger partial charge in [0.15, 0.2) is 0 Å². The molecular formula is C31H47N3O5. The number of carbonyl (C=O) groups is 3. The topological polar surface area (TPSA) is 108 Å². The summed E-state index contributed by atoms with van der Waals surface area (Å²) in [5, 5.41) is 15.7. The van der Waals surface area contributed by atoms with Gasteiger partial charge in [0.1, 0.15) is 11.6 Å². The highest BCUT2D eigenvalue weighted by atomic mass is 16.5. The third-order valence-electron chi connectivity index (χ3n) is 8.90. The van der Waals surface area contributed by atoms with Gasteiger partial charge in [-0.1, -0.05) is 58.0 Å². The maximum atomic E-state index is 14.1. The predicted octanol–water partition coefficient (Wildman–Crippen LogP) is 3.42. The van der Waals surface area contributed by atoms with Gasteiger partial charge < -0.3 is 25.4 Å². The summed E-state index contributed by atoms with van der Waals surface area (Å²) in [6.07, 6.45) is 2.39. The van der Waals surface area contributed by atoms with E-state index < -0.39 is 34.6 Å². The van der Waals surface area contributed by atoms with E-state index in [0.717, 1.165) is 12.0 Å². The maximum Gasteiger partial charge on any atom is 0.246 e. The number of rotatable bonds is 10. The van der Waals surface area contributed by atoms with Crippen molar-refractivity contribution in [3.05, 3.63) is 35.9 Å². The molecule has 0 aliphatic carbocycles. The molecule has 3 heterocycles. The van der Waals surface area contributed by atoms with Crippen LogP contribution in [0.4, 0.5) is 0 Å². The van der Waals surface area contributed by atoms with E-state index in [9.17, 15) is 19.5 Å². The first-order valence-corrected chi connectivity index (χ1v) is 14.4. The molecule has 0 saturated carbocycles. The average molecular weight is 542 g/mol. The summed E-state index contributed by atoms with van der Waals surface area (Å²) >= 11 is 0. The summed E-state index contributed by atoms with van der Waals surface area (Å²) in [6, 6.07) is 8.85. The van der Waals surface area contributed by atoms with Crippen LogP contribution >= 0.6 is 0 Å². The van der Waals surface area contributed by atoms with Crippen molar-refractivity contribution in [1.82, 2.24) is 15.5 Å². The second kappa shape index (κ2) is 10.5. The third-order valence-corrected chi connectivity index (χ3v) is 8.90. The molecule has 8 heteroatoms. The summed E-state index contributed by atoms with van der Waals surface area (Å²) in [4.78, 5) is 43.7. The number of hydrogen-bond acceptors (Lipinski definition) is 5. The van der Waals surface area contributed by atoms with E-state index in [4.69, 9.17) is 4.74 Å². The molecule has 3 fully saturated rings. The van der Waals surface area contributed by atoms with Crippen LogP contribution in [0.15, 0.2) is 30.3 Å². The van der Waals surface area contributed by atoms with E-state index in [0.29, 0.717) is 32.4 Å². The summed E-state index contributed by atoms with van der Waals surface area (Å²) in [6.45, 7) is 15.1. The molecule has 3 saturated heterocycles. The van der Waals surface area contributed by atoms with Crippen molar-refractivity contribution in [2.45, 2.75) is 103 Å². The molecule has 8 nitrogen and oxygen atoms in total. The predicted molar refractivity (Wildman–Crippen MR) is 149 cm³/mol. The largest absolute Gasteiger partial charge is 0.396 e. The van der Waals surface area contributed by atoms with Crippen molar-refractivity contribution in [3.8, 4) is 0 Å². The number of amides is 3. The number of unbranched alkanes of at least 4 members (excludes halogenated alkanes) is 1. The van der Waals surface area contributed by atoms with E-state index >= 15 is 0 Å². The molecule has 3 aliphatic heterocycles. The molecule has 3 aliphatic rings. The van der Waals surface area contributed by atoms with E-state index in [1.54, 1.807) is 4.90 Å². The van der Waals surface area contributed by atoms with E-state index in [1.165, 1.54) is 0 Å². The van der Waals surface area contributed by atoms with Crippen molar-refractivity contribution in [3.63, 3.8) is 0 Å². The van der Waals surface area contributed by atoms with Gasteiger partial charge in [0.05, 0.1) is 17.4 Å². The molecule has 6 atom stereocenters. The first-order valence-electron chi connectivity index (χ1n) is 14.4. The van der Waals surface area contributed by atoms with Gasteiger partial charge in [0.2, 0.25) is 17.7 Å². The second-order valence-electron chi connectivity index (χ2n) is 14.0. The average Bonchev–Trinajstić information content (AvgIpc) is 3.33. The highest BCUT2D eigenvalue weighted by molar-refractivity contribution is 5.99. The van der Waals surface area contributed by atoms with Crippen LogP contribution in [0.2, 0.25) is 0 Å². The van der Waals surface area contributed by atoms with Gasteiger partial charge in [-0.3, -0.25) is 14.4 Å². The van der Waals surface area contributed by atoms with Gasteiger partial charge in [0.25, 0.3) is 0 Å². The van der Waals surface area contributed by atoms with Crippen LogP contribution in [0, 0.1) is 23.2 Å². The number of ether oxygens (including phenoxy) is 1. The minimum atomic E-state index is -1.07. The fourth-order valence-electron chi connectivity index (χ4n) is 7.74. The third kappa shape index (κ3) is 5.47. The van der Waals surface area contributed by atoms with E-state index in [1.807, 2.05) is 51.1 Å². The Morgan fingerprint density at radius 3 is 2.38 bits per heavy atom. The number of aliphatic hydroxyl groups is 1. The lowest BCUT2D eigenvalue weighted by molar-refractivity contribution is -0.148. The number of likely N-dealkylation sites (tertiary alicyclic amines) is 1. The minimum Gasteiger partial charge on any atom is -0.396 e. The highest BCUT2D eigenvalue weighted by Gasteiger charge is 2.79. The molecule has 0 aromatic heterocycles. The molecule has 216 valence electrons. The number of aliphatic hydroxyl groups excluding tert-OH is 1. The lowest BCUT2D eigenvalue weighted by atomic mass is 9.62. The Kier molecular flexibility index (Phi) is 7.96. The Morgan fingerprint density at radius 1 is 1.10 bits per heavy atom. The molecule has 3 amide bonds. The van der Waals surface area contributed by atoms with Crippen molar-refractivity contribution >= 4 is 17.7 Å². The van der Waals surface area contributed by atoms with Crippen LogP contribution in [0.1, 0.15) is 79.7 Å². The summed E-state index contributed by atoms with van der Waals surface area (Å²) in [5.74, 6) is -2.08. The minimum absolute atomic E-state index is 0.00382. The molecule has 2 bridgehead atoms. The van der Waals surface area contributed by atoms with Crippen molar-refractivity contribution in [1.29, 1.82) is 0 Å². The first-order chi connectivity index (χ1) is 18.2. The molecule has 0 radical (unpaired) electrons. The van der Waals surface area contributed by atoms with Crippen LogP contribution in [-0.4, -0.2) is 63.7 Å². The second-order valence-corrected chi connectivity index (χ2v) is 14.0. The lowest BCUT2D eigenvalue weighted by Gasteiger charge is -2.38. The quantitative estimate of drug-likeness (QED) is 0.394. The zero-order valence-electron chi connectivity index (χ0n) is 24.7. The molecule has 1 aromatic rings. The molecular weight excluding hydrogens is 494 g/mol. The number of benzene rings is 1. The van der Waals surface area contributed by atoms with Crippen molar-refractivity contribution in [2.24, 2.45) is 23.2 Å². The van der Waals surface area contributed by atoms with Crippen LogP contribution in [0.5, 0.6) is 0 Å². The number of hydrogen-bond donors (Lipinski definition) is 3. The van der Waals surface area contributed by atoms with Crippen LogP contribution in [0.3, 0.4) is 0 Å². The van der Waals surface area contributed by atoms with Crippen LogP contribution in [-0.2, 0) is 25.7 Å². The van der Waals surface area contributed by atoms with Gasteiger partial charge in [-0.15, -0.1) is 0 Å². The lowest BCUT2D eigenvalue weighted by Crippen LogP contribution is -2.59. The Bertz CT molecular complexity index is 1080. The Hall–Kier alpha value is -2.45. The van der Waals surface area contributed by atoms with Crippen molar-refractivity contribution in [2.75, 3.05) is 13.2 Å². The van der Waals surface area contributed by atoms with Gasteiger partial charge in [0, 0.05) is 25.2 Å². The highest BCUT2D eigenvalue weighted by Crippen LogP contribution is 2.65. The number of carbonyl (C=O) groups excluding carboxylic acids is 3. The molecule has 1 spiro atoms. The smallest absolute Gasteiger partial charge is 0.246 e. The zero-order valence-corrected chi connectivity index (χ0v) is 24.7. The SMILES string of the molecule is CC1CC23O[C@@]1(C)[C@H](C(=O)NCc1ccccc1)[C@H]2C(=O)N(CCCCO)C3C(=O)NC(C)(C)CC(C)(C)C. The fraction of sp³-hybridized carbons (Fsp3) is 0.710. The molecule has 39 heavy (non-hydrogen) atoms. The molecule has 3 N–H and O–H groups in total. The Balaban J connectivity index is 1.67. The van der Waals surface area contributed by atoms with Gasteiger partial charge in [-0.05, 0) is 63.4 Å². The summed E-state index contributed by atoms with van der Waals surface area (Å²) < 4.78 is 6.79. The van der Waals surface area contributed by atoms with Gasteiger partial charge >= 0.3 is 0 Å². The fourth-order valence-corrected chi connectivity index (χ4v) is 7.74. The molecule has 4 rings (SSSR count). The Morgan fingerprint density at radius 2 is 1.77 bits per heavy atom. The maximum absolute atomic E-state index is 14.1. The van der Waals surface area contributed by atoms with Gasteiger partial charge in [-0.2, -0.15) is 0 Å². The summed E-state index contributed by atoms with van der Waals surface area (Å²) in [7, 11) is 0. The van der Waals surface area contributed by atoms with Crippen LogP contribution in [0.25, 0.3) is 0 Å².